The Morgan fingerprint density at radius 2 is 1.73 bits per heavy atom. The van der Waals surface area contributed by atoms with Crippen molar-refractivity contribution in [2.45, 2.75) is 19.5 Å². The van der Waals surface area contributed by atoms with Gasteiger partial charge in [0.2, 0.25) is 0 Å². The quantitative estimate of drug-likeness (QED) is 0.351. The van der Waals surface area contributed by atoms with Gasteiger partial charge >= 0.3 is 0 Å². The highest BCUT2D eigenvalue weighted by Crippen LogP contribution is 2.33. The van der Waals surface area contributed by atoms with E-state index in [1.54, 1.807) is 13.2 Å². The first-order chi connectivity index (χ1) is 15.9. The first-order valence-corrected chi connectivity index (χ1v) is 10.5. The second-order valence-electron chi connectivity index (χ2n) is 7.79. The lowest BCUT2D eigenvalue weighted by Crippen LogP contribution is -2.36. The van der Waals surface area contributed by atoms with E-state index in [-0.39, 0.29) is 23.2 Å². The molecule has 4 aromatic rings. The summed E-state index contributed by atoms with van der Waals surface area (Å²) < 4.78 is 18.9. The lowest BCUT2D eigenvalue weighted by Gasteiger charge is -2.21. The van der Waals surface area contributed by atoms with Gasteiger partial charge in [-0.05, 0) is 59.5 Å². The van der Waals surface area contributed by atoms with Gasteiger partial charge in [0.15, 0.2) is 0 Å². The summed E-state index contributed by atoms with van der Waals surface area (Å²) in [7, 11) is 1.61. The molecule has 4 N–H and O–H groups in total. The largest absolute Gasteiger partial charge is 0.497 e. The van der Waals surface area contributed by atoms with Crippen LogP contribution in [0.2, 0.25) is 0 Å². The Morgan fingerprint density at radius 1 is 1.00 bits per heavy atom. The van der Waals surface area contributed by atoms with Gasteiger partial charge in [-0.1, -0.05) is 36.4 Å². The molecule has 7 heteroatoms. The number of nitrogens with one attached hydrogen (secondary N) is 2. The van der Waals surface area contributed by atoms with Crippen molar-refractivity contribution in [1.29, 1.82) is 0 Å². The van der Waals surface area contributed by atoms with Crippen molar-refractivity contribution in [2.24, 2.45) is 0 Å². The minimum absolute atomic E-state index is 0.0677. The Kier molecular flexibility index (Phi) is 6.24. The molecule has 4 aromatic carbocycles. The summed E-state index contributed by atoms with van der Waals surface area (Å²) in [6.07, 6.45) is 0. The zero-order valence-corrected chi connectivity index (χ0v) is 18.3. The van der Waals surface area contributed by atoms with Crippen LogP contribution in [0, 0.1) is 5.82 Å². The van der Waals surface area contributed by atoms with Crippen molar-refractivity contribution >= 4 is 17.1 Å². The van der Waals surface area contributed by atoms with E-state index < -0.39 is 10.9 Å². The van der Waals surface area contributed by atoms with E-state index in [0.717, 1.165) is 28.0 Å². The average molecular weight is 445 g/mol. The number of hydrogen-bond donors (Lipinski definition) is 3. The number of ether oxygens (including phenoxy) is 1. The maximum absolute atomic E-state index is 13.7. The molecule has 0 saturated heterocycles. The normalized spacial score (nSPS) is 12.0. The van der Waals surface area contributed by atoms with Gasteiger partial charge in [0.25, 0.3) is 10.9 Å². The van der Waals surface area contributed by atoms with Gasteiger partial charge in [0, 0.05) is 18.3 Å². The molecule has 4 rings (SSSR count). The number of anilines is 3. The fourth-order valence-corrected chi connectivity index (χ4v) is 3.75. The van der Waals surface area contributed by atoms with E-state index in [4.69, 9.17) is 10.5 Å². The Hall–Kier alpha value is -3.97. The predicted molar refractivity (Wildman–Crippen MR) is 129 cm³/mol. The summed E-state index contributed by atoms with van der Waals surface area (Å²) >= 11 is 0. The highest BCUT2D eigenvalue weighted by atomic mass is 19.1. The minimum atomic E-state index is -0.678. The Bertz CT molecular complexity index is 1360. The van der Waals surface area contributed by atoms with Gasteiger partial charge in [-0.15, -0.1) is 0 Å². The average Bonchev–Trinajstić information content (AvgIpc) is 2.85. The highest BCUT2D eigenvalue weighted by Gasteiger charge is 2.20. The highest BCUT2D eigenvalue weighted by molar-refractivity contribution is 5.81. The number of halogens is 1. The molecular weight excluding hydrogens is 421 g/mol. The molecule has 0 aromatic heterocycles. The third-order valence-electron chi connectivity index (χ3n) is 5.72. The zero-order valence-electron chi connectivity index (χ0n) is 18.3. The van der Waals surface area contributed by atoms with E-state index in [0.29, 0.717) is 12.2 Å². The van der Waals surface area contributed by atoms with E-state index in [1.807, 2.05) is 55.5 Å². The second-order valence-corrected chi connectivity index (χ2v) is 7.79. The van der Waals surface area contributed by atoms with Crippen LogP contribution >= 0.6 is 0 Å². The summed E-state index contributed by atoms with van der Waals surface area (Å²) in [6, 6.07) is 19.6. The predicted octanol–water partition coefficient (Wildman–Crippen LogP) is 4.27. The van der Waals surface area contributed by atoms with Gasteiger partial charge < -0.3 is 21.1 Å². The van der Waals surface area contributed by atoms with E-state index >= 15 is 0 Å². The van der Waals surface area contributed by atoms with Crippen LogP contribution in [0.1, 0.15) is 24.1 Å². The van der Waals surface area contributed by atoms with E-state index in [2.05, 4.69) is 10.6 Å². The second kappa shape index (κ2) is 9.26. The van der Waals surface area contributed by atoms with Crippen molar-refractivity contribution in [3.05, 3.63) is 104 Å². The van der Waals surface area contributed by atoms with Crippen LogP contribution in [0.3, 0.4) is 0 Å². The van der Waals surface area contributed by atoms with Crippen molar-refractivity contribution < 1.29 is 9.13 Å². The molecule has 1 unspecified atom stereocenters. The molecule has 0 aliphatic carbocycles. The number of methoxy groups -OCH3 is 1. The van der Waals surface area contributed by atoms with Crippen LogP contribution < -0.4 is 32.0 Å². The molecule has 0 heterocycles. The van der Waals surface area contributed by atoms with Gasteiger partial charge in [-0.25, -0.2) is 4.39 Å². The molecule has 0 spiro atoms. The first-order valence-electron chi connectivity index (χ1n) is 10.5. The van der Waals surface area contributed by atoms with Crippen LogP contribution in [-0.2, 0) is 6.54 Å². The molecule has 0 aliphatic rings. The minimum Gasteiger partial charge on any atom is -0.497 e. The van der Waals surface area contributed by atoms with Crippen LogP contribution in [0.25, 0.3) is 11.1 Å². The Labute approximate surface area is 190 Å². The van der Waals surface area contributed by atoms with Crippen LogP contribution in [0.15, 0.2) is 76.3 Å². The first kappa shape index (κ1) is 22.2. The zero-order chi connectivity index (χ0) is 23.5. The number of nitrogens with two attached hydrogens (primary N) is 1. The molecule has 6 nitrogen and oxygen atoms in total. The summed E-state index contributed by atoms with van der Waals surface area (Å²) in [5.41, 5.74) is 8.68. The van der Waals surface area contributed by atoms with Crippen molar-refractivity contribution in [2.75, 3.05) is 18.2 Å². The fraction of sp³-hybridized carbons (Fsp3) is 0.154. The number of rotatable bonds is 8. The molecular formula is C26H24FN3O3. The maximum atomic E-state index is 13.7. The van der Waals surface area contributed by atoms with Crippen molar-refractivity contribution in [3.8, 4) is 16.9 Å². The van der Waals surface area contributed by atoms with Crippen molar-refractivity contribution in [1.82, 2.24) is 5.32 Å². The number of nitrogen functional groups attached to an aromatic ring is 1. The molecule has 168 valence electrons. The lowest BCUT2D eigenvalue weighted by molar-refractivity contribution is 0.415. The summed E-state index contributed by atoms with van der Waals surface area (Å²) in [6.45, 7) is 2.37. The monoisotopic (exact) mass is 445 g/mol. The topological polar surface area (TPSA) is 93.4 Å². The molecule has 33 heavy (non-hydrogen) atoms. The fourth-order valence-electron chi connectivity index (χ4n) is 3.75. The molecule has 0 amide bonds. The van der Waals surface area contributed by atoms with Crippen LogP contribution in [0.5, 0.6) is 5.75 Å². The van der Waals surface area contributed by atoms with E-state index in [9.17, 15) is 14.0 Å². The van der Waals surface area contributed by atoms with Crippen LogP contribution in [0.4, 0.5) is 21.5 Å². The standard InChI is InChI=1S/C26H24FN3O3/c1-15(17-5-3-6-18(27)13-17)29-14-21-20(16-9-11-19(33-2)12-10-16)7-4-8-22(21)30-24-23(28)25(31)26(24)32/h3-13,15,29-30H,14,28H2,1-2H3. The third-order valence-corrected chi connectivity index (χ3v) is 5.72. The van der Waals surface area contributed by atoms with Crippen LogP contribution in [-0.4, -0.2) is 7.11 Å². The van der Waals surface area contributed by atoms with Gasteiger partial charge in [0.05, 0.1) is 7.11 Å². The third kappa shape index (κ3) is 4.49. The number of benzene rings is 3. The molecule has 0 bridgehead atoms. The van der Waals surface area contributed by atoms with Gasteiger partial charge in [-0.2, -0.15) is 0 Å². The smallest absolute Gasteiger partial charge is 0.253 e. The Balaban J connectivity index is 1.70. The SMILES string of the molecule is COc1ccc(-c2cccc(Nc3c(N)c(=O)c3=O)c2CNC(C)c2cccc(F)c2)cc1. The molecule has 0 fully saturated rings. The molecule has 0 radical (unpaired) electrons. The number of hydrogen-bond acceptors (Lipinski definition) is 6. The molecule has 0 saturated carbocycles. The van der Waals surface area contributed by atoms with Gasteiger partial charge in [-0.3, -0.25) is 9.59 Å². The van der Waals surface area contributed by atoms with E-state index in [1.165, 1.54) is 12.1 Å². The molecule has 0 aliphatic heterocycles. The molecule has 1 atom stereocenters. The lowest BCUT2D eigenvalue weighted by atomic mass is 9.97. The van der Waals surface area contributed by atoms with Crippen molar-refractivity contribution in [3.63, 3.8) is 0 Å². The summed E-state index contributed by atoms with van der Waals surface area (Å²) in [5.74, 6) is 0.446. The summed E-state index contributed by atoms with van der Waals surface area (Å²) in [5, 5.41) is 6.47. The Morgan fingerprint density at radius 3 is 2.39 bits per heavy atom. The maximum Gasteiger partial charge on any atom is 0.253 e. The summed E-state index contributed by atoms with van der Waals surface area (Å²) in [4.78, 5) is 23.5. The van der Waals surface area contributed by atoms with Gasteiger partial charge in [0.1, 0.15) is 22.9 Å².